The number of fused-ring (bicyclic) bond motifs is 1. The second-order valence-electron chi connectivity index (χ2n) is 5.65. The zero-order valence-electron chi connectivity index (χ0n) is 15.3. The minimum Gasteiger partial charge on any atom is -0.448 e. The maximum Gasteiger partial charge on any atom is 0.294 e. The molecule has 0 saturated heterocycles. The summed E-state index contributed by atoms with van der Waals surface area (Å²) in [7, 11) is 0. The lowest BCUT2D eigenvalue weighted by Crippen LogP contribution is -2.17. The van der Waals surface area contributed by atoms with Gasteiger partial charge >= 0.3 is 0 Å². The first-order valence-electron chi connectivity index (χ1n) is 8.41. The zero-order chi connectivity index (χ0) is 18.4. The highest BCUT2D eigenvalue weighted by Gasteiger charge is 2.21. The number of furan rings is 1. The molecule has 1 amide bonds. The molecule has 0 fully saturated rings. The molecule has 0 aliphatic rings. The molecule has 132 valence electrons. The fourth-order valence-electron chi connectivity index (χ4n) is 2.25. The molecule has 3 aromatic heterocycles. The van der Waals surface area contributed by atoms with E-state index < -0.39 is 0 Å². The Morgan fingerprint density at radius 3 is 2.56 bits per heavy atom. The fraction of sp³-hybridized carbons (Fsp3) is 0.316. The Labute approximate surface area is 147 Å². The Morgan fingerprint density at radius 1 is 1.16 bits per heavy atom. The summed E-state index contributed by atoms with van der Waals surface area (Å²) in [6.45, 7) is 9.94. The molecule has 0 bridgehead atoms. The predicted molar refractivity (Wildman–Crippen MR) is 101 cm³/mol. The van der Waals surface area contributed by atoms with Crippen molar-refractivity contribution in [2.75, 3.05) is 10.6 Å². The summed E-state index contributed by atoms with van der Waals surface area (Å²) in [5, 5.41) is 6.79. The molecular formula is C19H24N4O2. The van der Waals surface area contributed by atoms with Crippen LogP contribution in [0.4, 0.5) is 11.5 Å². The van der Waals surface area contributed by atoms with Crippen LogP contribution in [0.5, 0.6) is 0 Å². The lowest BCUT2D eigenvalue weighted by molar-refractivity contribution is 0.0999. The van der Waals surface area contributed by atoms with Gasteiger partial charge in [0.2, 0.25) is 5.76 Å². The first-order chi connectivity index (χ1) is 12.0. The van der Waals surface area contributed by atoms with Gasteiger partial charge < -0.3 is 15.1 Å². The third kappa shape index (κ3) is 4.35. The van der Waals surface area contributed by atoms with Crippen molar-refractivity contribution in [2.24, 2.45) is 0 Å². The monoisotopic (exact) mass is 340 g/mol. The Kier molecular flexibility index (Phi) is 6.11. The molecule has 0 saturated carbocycles. The first kappa shape index (κ1) is 18.4. The number of nitrogens with one attached hydrogen (secondary N) is 2. The number of carbonyl (C=O) groups is 1. The smallest absolute Gasteiger partial charge is 0.294 e. The second-order valence-corrected chi connectivity index (χ2v) is 5.65. The SMILES string of the molecule is CC.Cc1ccc(NC(=O)c2oc3ccncc3c2NC(C)C)nc1. The van der Waals surface area contributed by atoms with Crippen LogP contribution >= 0.6 is 0 Å². The lowest BCUT2D eigenvalue weighted by atomic mass is 10.2. The highest BCUT2D eigenvalue weighted by atomic mass is 16.3. The van der Waals surface area contributed by atoms with Crippen LogP contribution in [0.25, 0.3) is 11.0 Å². The fourth-order valence-corrected chi connectivity index (χ4v) is 2.25. The molecule has 3 aromatic rings. The number of carbonyl (C=O) groups excluding carboxylic acids is 1. The molecule has 25 heavy (non-hydrogen) atoms. The molecule has 0 aromatic carbocycles. The first-order valence-corrected chi connectivity index (χ1v) is 8.41. The van der Waals surface area contributed by atoms with Crippen molar-refractivity contribution in [3.05, 3.63) is 48.1 Å². The van der Waals surface area contributed by atoms with E-state index in [2.05, 4.69) is 20.6 Å². The number of hydrogen-bond donors (Lipinski definition) is 2. The summed E-state index contributed by atoms with van der Waals surface area (Å²) < 4.78 is 5.72. The van der Waals surface area contributed by atoms with Gasteiger partial charge in [0.1, 0.15) is 11.4 Å². The molecule has 0 unspecified atom stereocenters. The second kappa shape index (κ2) is 8.28. The van der Waals surface area contributed by atoms with Crippen molar-refractivity contribution in [2.45, 2.75) is 40.7 Å². The van der Waals surface area contributed by atoms with Crippen LogP contribution in [0.3, 0.4) is 0 Å². The number of rotatable bonds is 4. The van der Waals surface area contributed by atoms with Gasteiger partial charge in [-0.1, -0.05) is 19.9 Å². The quantitative estimate of drug-likeness (QED) is 0.724. The summed E-state index contributed by atoms with van der Waals surface area (Å²) in [6.07, 6.45) is 5.02. The molecule has 0 aliphatic carbocycles. The van der Waals surface area contributed by atoms with Gasteiger partial charge in [-0.3, -0.25) is 9.78 Å². The van der Waals surface area contributed by atoms with E-state index >= 15 is 0 Å². The number of nitrogens with zero attached hydrogens (tertiary/aromatic N) is 2. The average molecular weight is 340 g/mol. The molecule has 0 aliphatic heterocycles. The highest BCUT2D eigenvalue weighted by Crippen LogP contribution is 2.31. The van der Waals surface area contributed by atoms with E-state index in [-0.39, 0.29) is 17.7 Å². The number of pyridine rings is 2. The Bertz CT molecular complexity index is 838. The van der Waals surface area contributed by atoms with Gasteiger partial charge in [0, 0.05) is 24.6 Å². The van der Waals surface area contributed by atoms with E-state index in [9.17, 15) is 4.79 Å². The maximum absolute atomic E-state index is 12.6. The molecule has 0 radical (unpaired) electrons. The van der Waals surface area contributed by atoms with Crippen molar-refractivity contribution in [3.63, 3.8) is 0 Å². The van der Waals surface area contributed by atoms with Crippen molar-refractivity contribution in [1.29, 1.82) is 0 Å². The summed E-state index contributed by atoms with van der Waals surface area (Å²) in [5.74, 6) is 0.361. The maximum atomic E-state index is 12.6. The van der Waals surface area contributed by atoms with Crippen LogP contribution in [0, 0.1) is 6.92 Å². The van der Waals surface area contributed by atoms with E-state index in [1.807, 2.05) is 40.7 Å². The van der Waals surface area contributed by atoms with E-state index in [0.717, 1.165) is 10.9 Å². The summed E-state index contributed by atoms with van der Waals surface area (Å²) in [6, 6.07) is 5.53. The van der Waals surface area contributed by atoms with Crippen molar-refractivity contribution < 1.29 is 9.21 Å². The Hall–Kier alpha value is -2.89. The summed E-state index contributed by atoms with van der Waals surface area (Å²) in [5.41, 5.74) is 2.29. The molecule has 2 N–H and O–H groups in total. The van der Waals surface area contributed by atoms with Gasteiger partial charge in [0.15, 0.2) is 0 Å². The van der Waals surface area contributed by atoms with Gasteiger partial charge in [-0.05, 0) is 38.5 Å². The highest BCUT2D eigenvalue weighted by molar-refractivity contribution is 6.11. The minimum atomic E-state index is -0.347. The lowest BCUT2D eigenvalue weighted by Gasteiger charge is -2.10. The number of anilines is 2. The predicted octanol–water partition coefficient (Wildman–Crippen LogP) is 4.63. The third-order valence-electron chi connectivity index (χ3n) is 3.28. The summed E-state index contributed by atoms with van der Waals surface area (Å²) in [4.78, 5) is 20.9. The number of aryl methyl sites for hydroxylation is 1. The Morgan fingerprint density at radius 2 is 1.92 bits per heavy atom. The van der Waals surface area contributed by atoms with Crippen molar-refractivity contribution in [3.8, 4) is 0 Å². The van der Waals surface area contributed by atoms with Crippen molar-refractivity contribution in [1.82, 2.24) is 9.97 Å². The largest absolute Gasteiger partial charge is 0.448 e. The topological polar surface area (TPSA) is 80.0 Å². The van der Waals surface area contributed by atoms with Crippen LogP contribution in [0.1, 0.15) is 43.8 Å². The van der Waals surface area contributed by atoms with E-state index in [4.69, 9.17) is 4.42 Å². The molecule has 6 heteroatoms. The molecule has 0 spiro atoms. The molecule has 0 atom stereocenters. The van der Waals surface area contributed by atoms with Crippen LogP contribution in [0.15, 0.2) is 41.2 Å². The third-order valence-corrected chi connectivity index (χ3v) is 3.28. The average Bonchev–Trinajstić information content (AvgIpc) is 2.97. The van der Waals surface area contributed by atoms with Crippen molar-refractivity contribution >= 4 is 28.4 Å². The number of amides is 1. The van der Waals surface area contributed by atoms with Crippen LogP contribution in [-0.4, -0.2) is 21.9 Å². The molecule has 3 heterocycles. The van der Waals surface area contributed by atoms with Crippen LogP contribution in [-0.2, 0) is 0 Å². The number of hydrogen-bond acceptors (Lipinski definition) is 5. The Balaban J connectivity index is 0.00000109. The van der Waals surface area contributed by atoms with E-state index in [0.29, 0.717) is 17.1 Å². The van der Waals surface area contributed by atoms with Gasteiger partial charge in [-0.2, -0.15) is 0 Å². The molecular weight excluding hydrogens is 316 g/mol. The molecule has 3 rings (SSSR count). The van der Waals surface area contributed by atoms with E-state index in [1.165, 1.54) is 0 Å². The summed E-state index contributed by atoms with van der Waals surface area (Å²) >= 11 is 0. The zero-order valence-corrected chi connectivity index (χ0v) is 15.3. The van der Waals surface area contributed by atoms with Crippen LogP contribution in [0.2, 0.25) is 0 Å². The van der Waals surface area contributed by atoms with Gasteiger partial charge in [0.05, 0.1) is 11.1 Å². The van der Waals surface area contributed by atoms with Gasteiger partial charge in [-0.15, -0.1) is 0 Å². The van der Waals surface area contributed by atoms with Crippen LogP contribution < -0.4 is 10.6 Å². The van der Waals surface area contributed by atoms with Gasteiger partial charge in [0.25, 0.3) is 5.91 Å². The van der Waals surface area contributed by atoms with E-state index in [1.54, 1.807) is 30.7 Å². The molecule has 6 nitrogen and oxygen atoms in total. The van der Waals surface area contributed by atoms with Gasteiger partial charge in [-0.25, -0.2) is 4.98 Å². The standard InChI is InChI=1S/C17H18N4O2.C2H6/c1-10(2)20-15-12-9-18-7-6-13(12)23-16(15)17(22)21-14-5-4-11(3)8-19-14;1-2/h4-10,20H,1-3H3,(H,19,21,22);1-2H3. The number of aromatic nitrogens is 2. The normalized spacial score (nSPS) is 10.3. The minimum absolute atomic E-state index is 0.153.